The minimum atomic E-state index is 0.420. The summed E-state index contributed by atoms with van der Waals surface area (Å²) in [6, 6.07) is 1.98. The minimum absolute atomic E-state index is 0.420. The molecule has 0 spiro atoms. The lowest BCUT2D eigenvalue weighted by Crippen LogP contribution is -2.60. The molecule has 2 nitrogen and oxygen atoms in total. The lowest BCUT2D eigenvalue weighted by Gasteiger charge is -2.50. The molecule has 0 aliphatic heterocycles. The van der Waals surface area contributed by atoms with Crippen LogP contribution in [0.25, 0.3) is 0 Å². The van der Waals surface area contributed by atoms with Gasteiger partial charge >= 0.3 is 0 Å². The Morgan fingerprint density at radius 2 is 1.89 bits per heavy atom. The molecule has 3 atom stereocenters. The summed E-state index contributed by atoms with van der Waals surface area (Å²) in [4.78, 5) is 2.64. The van der Waals surface area contributed by atoms with Gasteiger partial charge in [-0.25, -0.2) is 0 Å². The average Bonchev–Trinajstić information content (AvgIpc) is 2.34. The van der Waals surface area contributed by atoms with Crippen molar-refractivity contribution in [2.45, 2.75) is 85.4 Å². The fourth-order valence-corrected chi connectivity index (χ4v) is 3.53. The molecule has 3 unspecified atom stereocenters. The van der Waals surface area contributed by atoms with Crippen molar-refractivity contribution in [3.8, 4) is 0 Å². The van der Waals surface area contributed by atoms with E-state index in [9.17, 15) is 0 Å². The van der Waals surface area contributed by atoms with Crippen LogP contribution in [0.5, 0.6) is 0 Å². The largest absolute Gasteiger partial charge is 0.312 e. The summed E-state index contributed by atoms with van der Waals surface area (Å²) in [5.41, 5.74) is 0.420. The third kappa shape index (κ3) is 4.19. The molecule has 0 aromatic rings. The van der Waals surface area contributed by atoms with Crippen molar-refractivity contribution < 1.29 is 0 Å². The highest BCUT2D eigenvalue weighted by Gasteiger charge is 2.41. The van der Waals surface area contributed by atoms with Gasteiger partial charge in [0, 0.05) is 18.1 Å². The van der Waals surface area contributed by atoms with E-state index in [2.05, 4.69) is 58.8 Å². The molecule has 0 radical (unpaired) electrons. The molecule has 114 valence electrons. The third-order valence-corrected chi connectivity index (χ3v) is 5.29. The van der Waals surface area contributed by atoms with E-state index in [1.54, 1.807) is 0 Å². The van der Waals surface area contributed by atoms with Crippen molar-refractivity contribution >= 4 is 0 Å². The Bertz CT molecular complexity index is 260. The molecule has 1 aliphatic carbocycles. The van der Waals surface area contributed by atoms with Gasteiger partial charge in [-0.1, -0.05) is 41.0 Å². The molecule has 1 N–H and O–H groups in total. The molecule has 0 saturated heterocycles. The summed E-state index contributed by atoms with van der Waals surface area (Å²) >= 11 is 0. The Morgan fingerprint density at radius 1 is 1.26 bits per heavy atom. The van der Waals surface area contributed by atoms with Crippen LogP contribution >= 0.6 is 0 Å². The zero-order chi connectivity index (χ0) is 14.6. The van der Waals surface area contributed by atoms with E-state index in [4.69, 9.17) is 0 Å². The van der Waals surface area contributed by atoms with Gasteiger partial charge < -0.3 is 5.32 Å². The van der Waals surface area contributed by atoms with Crippen LogP contribution in [0.4, 0.5) is 0 Å². The monoisotopic (exact) mass is 268 g/mol. The molecule has 0 aromatic heterocycles. The Morgan fingerprint density at radius 3 is 2.42 bits per heavy atom. The van der Waals surface area contributed by atoms with Crippen molar-refractivity contribution in [2.24, 2.45) is 11.3 Å². The quantitative estimate of drug-likeness (QED) is 0.786. The molecule has 2 heteroatoms. The van der Waals surface area contributed by atoms with E-state index in [1.165, 1.54) is 25.7 Å². The van der Waals surface area contributed by atoms with Crippen molar-refractivity contribution in [3.63, 3.8) is 0 Å². The predicted octanol–water partition coefficient (Wildman–Crippen LogP) is 3.91. The molecule has 0 aromatic carbocycles. The lowest BCUT2D eigenvalue weighted by molar-refractivity contribution is 0.0328. The van der Waals surface area contributed by atoms with Crippen molar-refractivity contribution in [2.75, 3.05) is 13.6 Å². The van der Waals surface area contributed by atoms with Crippen LogP contribution < -0.4 is 5.32 Å². The van der Waals surface area contributed by atoms with Gasteiger partial charge in [-0.2, -0.15) is 0 Å². The first-order chi connectivity index (χ1) is 8.81. The SMILES string of the molecule is CCCNC1C(N(C)C(C)C(C)C)CCCC1(C)C. The maximum Gasteiger partial charge on any atom is 0.0274 e. The molecule has 1 aliphatic rings. The van der Waals surface area contributed by atoms with Crippen molar-refractivity contribution in [3.05, 3.63) is 0 Å². The first kappa shape index (κ1) is 17.0. The summed E-state index contributed by atoms with van der Waals surface area (Å²) in [6.45, 7) is 15.4. The molecule has 1 fully saturated rings. The summed E-state index contributed by atoms with van der Waals surface area (Å²) in [5, 5.41) is 3.84. The third-order valence-electron chi connectivity index (χ3n) is 5.29. The van der Waals surface area contributed by atoms with Gasteiger partial charge in [-0.05, 0) is 51.1 Å². The van der Waals surface area contributed by atoms with Crippen LogP contribution in [0, 0.1) is 11.3 Å². The molecule has 19 heavy (non-hydrogen) atoms. The molecule has 0 bridgehead atoms. The second-order valence-electron chi connectivity index (χ2n) is 7.53. The van der Waals surface area contributed by atoms with Gasteiger partial charge in [0.25, 0.3) is 0 Å². The smallest absolute Gasteiger partial charge is 0.0274 e. The average molecular weight is 268 g/mol. The van der Waals surface area contributed by atoms with Gasteiger partial charge in [-0.3, -0.25) is 4.90 Å². The van der Waals surface area contributed by atoms with Gasteiger partial charge in [0.15, 0.2) is 0 Å². The zero-order valence-electron chi connectivity index (χ0n) is 14.3. The zero-order valence-corrected chi connectivity index (χ0v) is 14.3. The number of nitrogens with zero attached hydrogens (tertiary/aromatic N) is 1. The lowest BCUT2D eigenvalue weighted by atomic mass is 9.70. The number of likely N-dealkylation sites (N-methyl/N-ethyl adjacent to an activating group) is 1. The molecule has 0 heterocycles. The number of nitrogens with one attached hydrogen (secondary N) is 1. The number of hydrogen-bond donors (Lipinski definition) is 1. The highest BCUT2D eigenvalue weighted by atomic mass is 15.2. The van der Waals surface area contributed by atoms with E-state index < -0.39 is 0 Å². The van der Waals surface area contributed by atoms with Gasteiger partial charge in [0.1, 0.15) is 0 Å². The Hall–Kier alpha value is -0.0800. The minimum Gasteiger partial charge on any atom is -0.312 e. The first-order valence-electron chi connectivity index (χ1n) is 8.26. The topological polar surface area (TPSA) is 15.3 Å². The van der Waals surface area contributed by atoms with E-state index in [0.717, 1.165) is 12.5 Å². The second-order valence-corrected chi connectivity index (χ2v) is 7.53. The van der Waals surface area contributed by atoms with Gasteiger partial charge in [0.2, 0.25) is 0 Å². The molecular weight excluding hydrogens is 232 g/mol. The fourth-order valence-electron chi connectivity index (χ4n) is 3.53. The normalized spacial score (nSPS) is 28.9. The Balaban J connectivity index is 2.82. The van der Waals surface area contributed by atoms with E-state index in [0.29, 0.717) is 23.5 Å². The summed E-state index contributed by atoms with van der Waals surface area (Å²) in [7, 11) is 2.33. The number of rotatable bonds is 6. The van der Waals surface area contributed by atoms with E-state index in [1.807, 2.05) is 0 Å². The van der Waals surface area contributed by atoms with Crippen LogP contribution in [0.2, 0.25) is 0 Å². The van der Waals surface area contributed by atoms with Gasteiger partial charge in [-0.15, -0.1) is 0 Å². The maximum absolute atomic E-state index is 3.84. The number of hydrogen-bond acceptors (Lipinski definition) is 2. The Kier molecular flexibility index (Phi) is 6.32. The van der Waals surface area contributed by atoms with Crippen LogP contribution in [-0.2, 0) is 0 Å². The fraction of sp³-hybridized carbons (Fsp3) is 1.00. The maximum atomic E-state index is 3.84. The van der Waals surface area contributed by atoms with Crippen LogP contribution in [-0.4, -0.2) is 36.6 Å². The highest BCUT2D eigenvalue weighted by Crippen LogP contribution is 2.38. The molecular formula is C17H36N2. The van der Waals surface area contributed by atoms with Gasteiger partial charge in [0.05, 0.1) is 0 Å². The standard InChI is InChI=1S/C17H36N2/c1-8-12-18-16-15(10-9-11-17(16,5)6)19(7)14(4)13(2)3/h13-16,18H,8-12H2,1-7H3. The van der Waals surface area contributed by atoms with Crippen LogP contribution in [0.15, 0.2) is 0 Å². The second kappa shape index (κ2) is 7.08. The highest BCUT2D eigenvalue weighted by molar-refractivity contribution is 4.98. The van der Waals surface area contributed by atoms with E-state index >= 15 is 0 Å². The van der Waals surface area contributed by atoms with Crippen LogP contribution in [0.1, 0.15) is 67.2 Å². The molecule has 1 rings (SSSR count). The van der Waals surface area contributed by atoms with E-state index in [-0.39, 0.29) is 0 Å². The molecule has 1 saturated carbocycles. The summed E-state index contributed by atoms with van der Waals surface area (Å²) in [5.74, 6) is 0.724. The van der Waals surface area contributed by atoms with Crippen molar-refractivity contribution in [1.82, 2.24) is 10.2 Å². The summed E-state index contributed by atoms with van der Waals surface area (Å²) < 4.78 is 0. The summed E-state index contributed by atoms with van der Waals surface area (Å²) in [6.07, 6.45) is 5.30. The predicted molar refractivity (Wildman–Crippen MR) is 85.6 cm³/mol. The Labute approximate surface area is 121 Å². The van der Waals surface area contributed by atoms with Crippen LogP contribution in [0.3, 0.4) is 0 Å². The van der Waals surface area contributed by atoms with Crippen molar-refractivity contribution in [1.29, 1.82) is 0 Å². The first-order valence-corrected chi connectivity index (χ1v) is 8.26. The molecule has 0 amide bonds.